The molecule has 10 heteroatoms. The van der Waals surface area contributed by atoms with E-state index in [1.807, 2.05) is 18.7 Å². The molecule has 0 radical (unpaired) electrons. The van der Waals surface area contributed by atoms with E-state index in [2.05, 4.69) is 15.4 Å². The largest absolute Gasteiger partial charge is 0.416 e. The van der Waals surface area contributed by atoms with Gasteiger partial charge in [0.25, 0.3) is 0 Å². The highest BCUT2D eigenvalue weighted by molar-refractivity contribution is 7.15. The van der Waals surface area contributed by atoms with Crippen LogP contribution in [0.5, 0.6) is 0 Å². The highest BCUT2D eigenvalue weighted by atomic mass is 32.1. The maximum absolute atomic E-state index is 12.8. The van der Waals surface area contributed by atoms with Gasteiger partial charge in [-0.25, -0.2) is 9.67 Å². The zero-order chi connectivity index (χ0) is 22.2. The SMILES string of the molecule is CC(C)n1nccc1NC(=O)CN1CCc2nc(-c3ccc(C(F)(F)F)cc3)sc2C1. The summed E-state index contributed by atoms with van der Waals surface area (Å²) in [6.07, 6.45) is -2.00. The summed E-state index contributed by atoms with van der Waals surface area (Å²) < 4.78 is 40.1. The third-order valence-corrected chi connectivity index (χ3v) is 6.20. The highest BCUT2D eigenvalue weighted by Crippen LogP contribution is 2.34. The number of fused-ring (bicyclic) bond motifs is 1. The summed E-state index contributed by atoms with van der Waals surface area (Å²) in [6, 6.07) is 6.98. The third-order valence-electron chi connectivity index (χ3n) is 5.06. The van der Waals surface area contributed by atoms with Crippen LogP contribution in [-0.4, -0.2) is 38.7 Å². The Kier molecular flexibility index (Phi) is 5.85. The van der Waals surface area contributed by atoms with Crippen molar-refractivity contribution in [3.8, 4) is 10.6 Å². The molecule has 3 aromatic rings. The number of alkyl halides is 3. The Labute approximate surface area is 181 Å². The molecule has 1 aromatic carbocycles. The van der Waals surface area contributed by atoms with Crippen LogP contribution in [0.3, 0.4) is 0 Å². The van der Waals surface area contributed by atoms with Crippen LogP contribution in [0.2, 0.25) is 0 Å². The fraction of sp³-hybridized carbons (Fsp3) is 0.381. The topological polar surface area (TPSA) is 63.1 Å². The summed E-state index contributed by atoms with van der Waals surface area (Å²) in [4.78, 5) is 20.2. The van der Waals surface area contributed by atoms with Gasteiger partial charge in [0.15, 0.2) is 0 Å². The first-order chi connectivity index (χ1) is 14.7. The molecule has 164 valence electrons. The zero-order valence-electron chi connectivity index (χ0n) is 17.1. The van der Waals surface area contributed by atoms with Crippen LogP contribution in [0.1, 0.15) is 36.0 Å². The van der Waals surface area contributed by atoms with Crippen molar-refractivity contribution in [1.82, 2.24) is 19.7 Å². The van der Waals surface area contributed by atoms with Crippen molar-refractivity contribution in [3.05, 3.63) is 52.7 Å². The number of aromatic nitrogens is 3. The van der Waals surface area contributed by atoms with E-state index in [0.717, 1.165) is 22.7 Å². The van der Waals surface area contributed by atoms with E-state index in [-0.39, 0.29) is 18.5 Å². The number of hydrogen-bond donors (Lipinski definition) is 1. The Bertz CT molecular complexity index is 1070. The Morgan fingerprint density at radius 3 is 2.65 bits per heavy atom. The normalized spacial score (nSPS) is 14.6. The van der Waals surface area contributed by atoms with Crippen LogP contribution in [0.4, 0.5) is 19.0 Å². The number of halogens is 3. The molecule has 2 aromatic heterocycles. The summed E-state index contributed by atoms with van der Waals surface area (Å²) in [6.45, 7) is 5.51. The van der Waals surface area contributed by atoms with Gasteiger partial charge in [-0.1, -0.05) is 12.1 Å². The number of benzene rings is 1. The molecular weight excluding hydrogens is 427 g/mol. The van der Waals surface area contributed by atoms with Gasteiger partial charge in [-0.15, -0.1) is 11.3 Å². The van der Waals surface area contributed by atoms with Gasteiger partial charge >= 0.3 is 6.18 Å². The standard InChI is InChI=1S/C21H22F3N5OS/c1-13(2)29-18(7-9-25-29)27-19(30)12-28-10-8-16-17(11-28)31-20(26-16)14-3-5-15(6-4-14)21(22,23)24/h3-7,9,13H,8,10-12H2,1-2H3,(H,27,30). The zero-order valence-corrected chi connectivity index (χ0v) is 17.9. The van der Waals surface area contributed by atoms with Crippen molar-refractivity contribution < 1.29 is 18.0 Å². The monoisotopic (exact) mass is 449 g/mol. The fourth-order valence-electron chi connectivity index (χ4n) is 3.52. The van der Waals surface area contributed by atoms with Gasteiger partial charge in [-0.2, -0.15) is 18.3 Å². The molecular formula is C21H22F3N5OS. The molecule has 1 aliphatic heterocycles. The molecule has 1 amide bonds. The first kappa shape index (κ1) is 21.5. The third kappa shape index (κ3) is 4.80. The minimum atomic E-state index is -4.35. The average Bonchev–Trinajstić information content (AvgIpc) is 3.34. The predicted octanol–water partition coefficient (Wildman–Crippen LogP) is 4.60. The number of amides is 1. The molecule has 0 saturated carbocycles. The number of carbonyl (C=O) groups excluding carboxylic acids is 1. The molecule has 0 saturated heterocycles. The Morgan fingerprint density at radius 1 is 1.23 bits per heavy atom. The van der Waals surface area contributed by atoms with Gasteiger partial charge in [-0.3, -0.25) is 9.69 Å². The molecule has 1 aliphatic rings. The minimum absolute atomic E-state index is 0.113. The minimum Gasteiger partial charge on any atom is -0.310 e. The summed E-state index contributed by atoms with van der Waals surface area (Å²) in [5, 5.41) is 7.82. The number of nitrogens with one attached hydrogen (secondary N) is 1. The Morgan fingerprint density at radius 2 is 1.97 bits per heavy atom. The van der Waals surface area contributed by atoms with Gasteiger partial charge in [0, 0.05) is 42.1 Å². The second kappa shape index (κ2) is 8.43. The lowest BCUT2D eigenvalue weighted by atomic mass is 10.1. The van der Waals surface area contributed by atoms with E-state index in [0.29, 0.717) is 35.9 Å². The van der Waals surface area contributed by atoms with Crippen LogP contribution in [-0.2, 0) is 23.9 Å². The highest BCUT2D eigenvalue weighted by Gasteiger charge is 2.30. The molecule has 0 unspecified atom stereocenters. The van der Waals surface area contributed by atoms with E-state index in [4.69, 9.17) is 0 Å². The number of carbonyl (C=O) groups is 1. The molecule has 4 rings (SSSR count). The Balaban J connectivity index is 1.41. The van der Waals surface area contributed by atoms with Crippen molar-refractivity contribution >= 4 is 23.1 Å². The molecule has 0 atom stereocenters. The lowest BCUT2D eigenvalue weighted by molar-refractivity contribution is -0.137. The number of nitrogens with zero attached hydrogens (tertiary/aromatic N) is 4. The lowest BCUT2D eigenvalue weighted by Crippen LogP contribution is -2.37. The average molecular weight is 450 g/mol. The van der Waals surface area contributed by atoms with E-state index in [1.54, 1.807) is 16.9 Å². The van der Waals surface area contributed by atoms with Gasteiger partial charge in [0.05, 0.1) is 24.0 Å². The van der Waals surface area contributed by atoms with Crippen LogP contribution in [0, 0.1) is 0 Å². The lowest BCUT2D eigenvalue weighted by Gasteiger charge is -2.25. The van der Waals surface area contributed by atoms with Gasteiger partial charge in [0.2, 0.25) is 5.91 Å². The van der Waals surface area contributed by atoms with Gasteiger partial charge in [-0.05, 0) is 26.0 Å². The molecule has 31 heavy (non-hydrogen) atoms. The van der Waals surface area contributed by atoms with Crippen molar-refractivity contribution in [2.45, 2.75) is 39.0 Å². The molecule has 1 N–H and O–H groups in total. The second-order valence-corrected chi connectivity index (χ2v) is 8.81. The molecule has 0 fully saturated rings. The molecule has 6 nitrogen and oxygen atoms in total. The summed E-state index contributed by atoms with van der Waals surface area (Å²) in [7, 11) is 0. The van der Waals surface area contributed by atoms with Crippen molar-refractivity contribution in [2.75, 3.05) is 18.4 Å². The Hall–Kier alpha value is -2.72. The van der Waals surface area contributed by atoms with Crippen molar-refractivity contribution in [1.29, 1.82) is 0 Å². The number of rotatable bonds is 5. The van der Waals surface area contributed by atoms with E-state index in [9.17, 15) is 18.0 Å². The molecule has 0 spiro atoms. The smallest absolute Gasteiger partial charge is 0.310 e. The number of thiazole rings is 1. The van der Waals surface area contributed by atoms with Crippen molar-refractivity contribution in [2.24, 2.45) is 0 Å². The van der Waals surface area contributed by atoms with Gasteiger partial charge < -0.3 is 5.32 Å². The summed E-state index contributed by atoms with van der Waals surface area (Å²) in [5.74, 6) is 0.554. The quantitative estimate of drug-likeness (QED) is 0.618. The fourth-order valence-corrected chi connectivity index (χ4v) is 4.67. The van der Waals surface area contributed by atoms with Crippen molar-refractivity contribution in [3.63, 3.8) is 0 Å². The van der Waals surface area contributed by atoms with Crippen LogP contribution < -0.4 is 5.32 Å². The number of anilines is 1. The van der Waals surface area contributed by atoms with Crippen LogP contribution in [0.25, 0.3) is 10.6 Å². The second-order valence-electron chi connectivity index (χ2n) is 7.73. The molecule has 0 aliphatic carbocycles. The maximum atomic E-state index is 12.8. The summed E-state index contributed by atoms with van der Waals surface area (Å²) >= 11 is 1.46. The number of hydrogen-bond acceptors (Lipinski definition) is 5. The van der Waals surface area contributed by atoms with Crippen LogP contribution in [0.15, 0.2) is 36.5 Å². The van der Waals surface area contributed by atoms with Crippen LogP contribution >= 0.6 is 11.3 Å². The van der Waals surface area contributed by atoms with E-state index in [1.165, 1.54) is 23.5 Å². The molecule has 3 heterocycles. The van der Waals surface area contributed by atoms with E-state index < -0.39 is 11.7 Å². The molecule has 0 bridgehead atoms. The first-order valence-electron chi connectivity index (χ1n) is 9.92. The maximum Gasteiger partial charge on any atom is 0.416 e. The predicted molar refractivity (Wildman–Crippen MR) is 113 cm³/mol. The van der Waals surface area contributed by atoms with Gasteiger partial charge in [0.1, 0.15) is 10.8 Å². The summed E-state index contributed by atoms with van der Waals surface area (Å²) in [5.41, 5.74) is 0.946. The first-order valence-corrected chi connectivity index (χ1v) is 10.7. The van der Waals surface area contributed by atoms with E-state index >= 15 is 0 Å².